The Labute approximate surface area is 188 Å². The molecule has 0 radical (unpaired) electrons. The first-order valence-electron chi connectivity index (χ1n) is 10.3. The SMILES string of the molecule is O=C(C1CCN(S(=O)(=O)c2cccc(OC(F)(F)F)c2)CC1)N1CCCC1c1ccsc1. The number of thiophene rings is 1. The molecule has 2 fully saturated rings. The van der Waals surface area contributed by atoms with Gasteiger partial charge in [0.1, 0.15) is 5.75 Å². The van der Waals surface area contributed by atoms with Crippen molar-refractivity contribution >= 4 is 27.3 Å². The van der Waals surface area contributed by atoms with Crippen molar-refractivity contribution in [2.24, 2.45) is 5.92 Å². The number of rotatable bonds is 5. The van der Waals surface area contributed by atoms with Crippen molar-refractivity contribution in [2.45, 2.75) is 43.0 Å². The standard InChI is InChI=1S/C21H23F3N2O4S2/c22-21(23,24)30-17-3-1-4-18(13-17)32(28,29)25-10-6-15(7-11-25)20(27)26-9-2-5-19(26)16-8-12-31-14-16/h1,3-4,8,12-15,19H,2,5-7,9-11H2. The van der Waals surface area contributed by atoms with Crippen LogP contribution in [0.2, 0.25) is 0 Å². The van der Waals surface area contributed by atoms with E-state index in [9.17, 15) is 26.4 Å². The molecule has 1 aromatic heterocycles. The van der Waals surface area contributed by atoms with Crippen LogP contribution in [0.25, 0.3) is 0 Å². The molecule has 1 atom stereocenters. The van der Waals surface area contributed by atoms with Crippen LogP contribution in [0.5, 0.6) is 5.75 Å². The second-order valence-electron chi connectivity index (χ2n) is 7.95. The van der Waals surface area contributed by atoms with Crippen LogP contribution in [0.3, 0.4) is 0 Å². The summed E-state index contributed by atoms with van der Waals surface area (Å²) in [4.78, 5) is 14.8. The highest BCUT2D eigenvalue weighted by atomic mass is 32.2. The number of hydrogen-bond acceptors (Lipinski definition) is 5. The van der Waals surface area contributed by atoms with E-state index in [1.165, 1.54) is 16.4 Å². The van der Waals surface area contributed by atoms with Gasteiger partial charge in [0.05, 0.1) is 10.9 Å². The van der Waals surface area contributed by atoms with Gasteiger partial charge in [0, 0.05) is 31.6 Å². The average Bonchev–Trinajstić information content (AvgIpc) is 3.44. The van der Waals surface area contributed by atoms with E-state index in [-0.39, 0.29) is 35.9 Å². The fourth-order valence-electron chi connectivity index (χ4n) is 4.40. The smallest absolute Gasteiger partial charge is 0.406 e. The summed E-state index contributed by atoms with van der Waals surface area (Å²) in [6.45, 7) is 0.976. The van der Waals surface area contributed by atoms with Gasteiger partial charge in [-0.1, -0.05) is 6.07 Å². The number of benzene rings is 1. The van der Waals surface area contributed by atoms with Gasteiger partial charge in [0.2, 0.25) is 15.9 Å². The van der Waals surface area contributed by atoms with Gasteiger partial charge < -0.3 is 9.64 Å². The van der Waals surface area contributed by atoms with Crippen LogP contribution in [0, 0.1) is 5.92 Å². The van der Waals surface area contributed by atoms with E-state index in [0.717, 1.165) is 30.5 Å². The maximum Gasteiger partial charge on any atom is 0.573 e. The monoisotopic (exact) mass is 488 g/mol. The molecule has 4 rings (SSSR count). The van der Waals surface area contributed by atoms with Crippen molar-refractivity contribution in [2.75, 3.05) is 19.6 Å². The molecule has 2 aromatic rings. The zero-order valence-electron chi connectivity index (χ0n) is 17.1. The molecule has 11 heteroatoms. The molecule has 0 saturated carbocycles. The first-order chi connectivity index (χ1) is 15.1. The molecule has 0 bridgehead atoms. The number of ether oxygens (including phenoxy) is 1. The van der Waals surface area contributed by atoms with Crippen LogP contribution >= 0.6 is 11.3 Å². The van der Waals surface area contributed by atoms with Gasteiger partial charge >= 0.3 is 6.36 Å². The van der Waals surface area contributed by atoms with Crippen LogP contribution < -0.4 is 4.74 Å². The highest BCUT2D eigenvalue weighted by molar-refractivity contribution is 7.89. The summed E-state index contributed by atoms with van der Waals surface area (Å²) in [6.07, 6.45) is -2.29. The molecule has 1 unspecified atom stereocenters. The molecule has 32 heavy (non-hydrogen) atoms. The van der Waals surface area contributed by atoms with Crippen molar-refractivity contribution in [3.05, 3.63) is 46.7 Å². The van der Waals surface area contributed by atoms with Crippen LogP contribution in [-0.2, 0) is 14.8 Å². The van der Waals surface area contributed by atoms with Gasteiger partial charge in [0.25, 0.3) is 0 Å². The third-order valence-corrected chi connectivity index (χ3v) is 8.54. The Kier molecular flexibility index (Phi) is 6.51. The number of carbonyl (C=O) groups is 1. The third kappa shape index (κ3) is 4.94. The lowest BCUT2D eigenvalue weighted by Gasteiger charge is -2.34. The van der Waals surface area contributed by atoms with Crippen molar-refractivity contribution < 1.29 is 31.1 Å². The molecule has 174 valence electrons. The average molecular weight is 489 g/mol. The topological polar surface area (TPSA) is 66.9 Å². The van der Waals surface area contributed by atoms with E-state index in [1.807, 2.05) is 16.3 Å². The first kappa shape index (κ1) is 23.1. The second kappa shape index (κ2) is 9.03. The molecule has 2 aliphatic rings. The largest absolute Gasteiger partial charge is 0.573 e. The number of hydrogen-bond donors (Lipinski definition) is 0. The molecular formula is C21H23F3N2O4S2. The van der Waals surface area contributed by atoms with Gasteiger partial charge in [0.15, 0.2) is 0 Å². The summed E-state index contributed by atoms with van der Waals surface area (Å²) in [7, 11) is -3.99. The Morgan fingerprint density at radius 3 is 2.50 bits per heavy atom. The number of sulfonamides is 1. The Morgan fingerprint density at radius 1 is 1.09 bits per heavy atom. The summed E-state index contributed by atoms with van der Waals surface area (Å²) in [5, 5.41) is 4.05. The van der Waals surface area contributed by atoms with Crippen molar-refractivity contribution in [1.82, 2.24) is 9.21 Å². The molecule has 1 aromatic carbocycles. The van der Waals surface area contributed by atoms with E-state index >= 15 is 0 Å². The molecule has 0 spiro atoms. The number of alkyl halides is 3. The van der Waals surface area contributed by atoms with Gasteiger partial charge in [-0.05, 0) is 60.2 Å². The van der Waals surface area contributed by atoms with E-state index in [4.69, 9.17) is 0 Å². The Bertz CT molecular complexity index is 1050. The zero-order chi connectivity index (χ0) is 22.9. The highest BCUT2D eigenvalue weighted by Crippen LogP contribution is 2.36. The molecule has 1 amide bonds. The number of amides is 1. The van der Waals surface area contributed by atoms with Crippen molar-refractivity contribution in [3.63, 3.8) is 0 Å². The molecule has 6 nitrogen and oxygen atoms in total. The number of piperidine rings is 1. The fraction of sp³-hybridized carbons (Fsp3) is 0.476. The van der Waals surface area contributed by atoms with E-state index in [1.54, 1.807) is 11.3 Å². The quantitative estimate of drug-likeness (QED) is 0.625. The van der Waals surface area contributed by atoms with Crippen LogP contribution in [0.15, 0.2) is 46.0 Å². The molecule has 2 saturated heterocycles. The lowest BCUT2D eigenvalue weighted by molar-refractivity contribution is -0.274. The van der Waals surface area contributed by atoms with Crippen LogP contribution in [0.4, 0.5) is 13.2 Å². The third-order valence-electron chi connectivity index (χ3n) is 5.94. The summed E-state index contributed by atoms with van der Waals surface area (Å²) >= 11 is 1.60. The normalized spacial score (nSPS) is 21.1. The van der Waals surface area contributed by atoms with Gasteiger partial charge in [-0.25, -0.2) is 8.42 Å². The fourth-order valence-corrected chi connectivity index (χ4v) is 6.61. The van der Waals surface area contributed by atoms with E-state index in [0.29, 0.717) is 19.4 Å². The summed E-state index contributed by atoms with van der Waals surface area (Å²) in [6, 6.07) is 6.49. The summed E-state index contributed by atoms with van der Waals surface area (Å²) < 4.78 is 68.4. The predicted molar refractivity (Wildman–Crippen MR) is 113 cm³/mol. The van der Waals surface area contributed by atoms with Gasteiger partial charge in [-0.3, -0.25) is 4.79 Å². The maximum absolute atomic E-state index is 13.1. The molecule has 2 aliphatic heterocycles. The minimum absolute atomic E-state index is 0.0522. The lowest BCUT2D eigenvalue weighted by Crippen LogP contribution is -2.44. The second-order valence-corrected chi connectivity index (χ2v) is 10.7. The molecule has 0 aliphatic carbocycles. The number of halogens is 3. The number of carbonyl (C=O) groups excluding carboxylic acids is 1. The molecule has 0 N–H and O–H groups in total. The number of nitrogens with zero attached hydrogens (tertiary/aromatic N) is 2. The highest BCUT2D eigenvalue weighted by Gasteiger charge is 2.38. The predicted octanol–water partition coefficient (Wildman–Crippen LogP) is 4.41. The van der Waals surface area contributed by atoms with E-state index < -0.39 is 22.1 Å². The van der Waals surface area contributed by atoms with Crippen molar-refractivity contribution in [1.29, 1.82) is 0 Å². The summed E-state index contributed by atoms with van der Waals surface area (Å²) in [5.41, 5.74) is 1.14. The Morgan fingerprint density at radius 2 is 1.84 bits per heavy atom. The Hall–Kier alpha value is -2.11. The summed E-state index contributed by atoms with van der Waals surface area (Å²) in [5.74, 6) is -0.797. The lowest BCUT2D eigenvalue weighted by atomic mass is 9.95. The minimum Gasteiger partial charge on any atom is -0.406 e. The minimum atomic E-state index is -4.91. The first-order valence-corrected chi connectivity index (χ1v) is 12.7. The van der Waals surface area contributed by atoms with Crippen molar-refractivity contribution in [3.8, 4) is 5.75 Å². The van der Waals surface area contributed by atoms with E-state index in [2.05, 4.69) is 10.1 Å². The molecule has 3 heterocycles. The zero-order valence-corrected chi connectivity index (χ0v) is 18.8. The molecular weight excluding hydrogens is 465 g/mol. The number of likely N-dealkylation sites (tertiary alicyclic amines) is 1. The van der Waals surface area contributed by atoms with Crippen LogP contribution in [-0.4, -0.2) is 49.5 Å². The Balaban J connectivity index is 1.41. The van der Waals surface area contributed by atoms with Crippen LogP contribution in [0.1, 0.15) is 37.3 Å². The van der Waals surface area contributed by atoms with Gasteiger partial charge in [-0.2, -0.15) is 15.6 Å². The maximum atomic E-state index is 13.1. The van der Waals surface area contributed by atoms with Gasteiger partial charge in [-0.15, -0.1) is 13.2 Å².